The molecule has 9 heteroatoms. The third kappa shape index (κ3) is 2.52. The van der Waals surface area contributed by atoms with Gasteiger partial charge in [-0.15, -0.1) is 0 Å². The van der Waals surface area contributed by atoms with Crippen molar-refractivity contribution in [3.63, 3.8) is 0 Å². The summed E-state index contributed by atoms with van der Waals surface area (Å²) in [4.78, 5) is 37.4. The molecule has 0 aromatic carbocycles. The standard InChI is InChI=1S/C26H32O9/c1-22(2)14-11-15(27)25(5)13(23(14,3)8-7-16(28)34-22)6-9-24(4)18(12-10-17(29)32-20(12)30)33-21(31)19-26(24,25)35-19/h7-8,10,13-15,18-20,27,30H,6,9,11H2,1-5H3/t13-,14+,15-,18+,19-,20+,23-,24+,25+,26-/m1/s1. The molecule has 0 aromatic heterocycles. The molecule has 2 saturated carbocycles. The number of esters is 3. The number of cyclic esters (lactones) is 3. The summed E-state index contributed by atoms with van der Waals surface area (Å²) >= 11 is 0. The molecule has 0 aromatic rings. The zero-order valence-electron chi connectivity index (χ0n) is 20.6. The van der Waals surface area contributed by atoms with Crippen molar-refractivity contribution in [2.24, 2.45) is 28.1 Å². The number of carbonyl (C=O) groups excluding carboxylic acids is 3. The zero-order valence-corrected chi connectivity index (χ0v) is 20.6. The van der Waals surface area contributed by atoms with Gasteiger partial charge in [-0.05, 0) is 44.4 Å². The summed E-state index contributed by atoms with van der Waals surface area (Å²) < 4.78 is 22.8. The van der Waals surface area contributed by atoms with Gasteiger partial charge in [0.2, 0.25) is 6.29 Å². The Balaban J connectivity index is 1.50. The van der Waals surface area contributed by atoms with E-state index in [1.54, 1.807) is 0 Å². The SMILES string of the molecule is CC1(C)OC(=O)C=C[C@]2(C)[C@H]3CC[C@@]4(C)[C@H](C5=CC(=O)O[C@@H]5O)OC(=O)[C@H]5O[C@]54[C@]3(C)[C@H](O)C[C@@H]12. The molecule has 0 radical (unpaired) electrons. The molecule has 6 aliphatic rings. The molecule has 0 unspecified atom stereocenters. The average Bonchev–Trinajstić information content (AvgIpc) is 3.47. The fraction of sp³-hybridized carbons (Fsp3) is 0.731. The molecular weight excluding hydrogens is 456 g/mol. The Kier molecular flexibility index (Phi) is 4.34. The smallest absolute Gasteiger partial charge is 0.339 e. The molecule has 190 valence electrons. The number of rotatable bonds is 1. The number of hydrogen-bond acceptors (Lipinski definition) is 9. The quantitative estimate of drug-likeness (QED) is 0.320. The molecule has 4 heterocycles. The maximum atomic E-state index is 13.1. The van der Waals surface area contributed by atoms with E-state index in [0.29, 0.717) is 19.3 Å². The van der Waals surface area contributed by atoms with Crippen molar-refractivity contribution in [1.82, 2.24) is 0 Å². The van der Waals surface area contributed by atoms with Crippen LogP contribution in [-0.4, -0.2) is 63.9 Å². The van der Waals surface area contributed by atoms with Crippen molar-refractivity contribution in [3.05, 3.63) is 23.8 Å². The third-order valence-electron chi connectivity index (χ3n) is 10.5. The first-order chi connectivity index (χ1) is 16.2. The van der Waals surface area contributed by atoms with Gasteiger partial charge in [0, 0.05) is 34.5 Å². The Morgan fingerprint density at radius 1 is 0.943 bits per heavy atom. The van der Waals surface area contributed by atoms with Crippen molar-refractivity contribution in [1.29, 1.82) is 0 Å². The van der Waals surface area contributed by atoms with Gasteiger partial charge in [0.25, 0.3) is 0 Å². The molecule has 2 N–H and O–H groups in total. The first-order valence-corrected chi connectivity index (χ1v) is 12.3. The summed E-state index contributed by atoms with van der Waals surface area (Å²) in [7, 11) is 0. The van der Waals surface area contributed by atoms with Crippen LogP contribution < -0.4 is 0 Å². The fourth-order valence-electron chi connectivity index (χ4n) is 8.99. The Labute approximate surface area is 203 Å². The van der Waals surface area contributed by atoms with Crippen LogP contribution in [0.5, 0.6) is 0 Å². The number of carbonyl (C=O) groups is 3. The third-order valence-corrected chi connectivity index (χ3v) is 10.5. The highest BCUT2D eigenvalue weighted by molar-refractivity contribution is 5.87. The molecule has 9 nitrogen and oxygen atoms in total. The minimum Gasteiger partial charge on any atom is -0.456 e. The number of epoxide rings is 1. The van der Waals surface area contributed by atoms with Crippen molar-refractivity contribution in [3.8, 4) is 0 Å². The molecular formula is C26H32O9. The van der Waals surface area contributed by atoms with Gasteiger partial charge in [0.05, 0.1) is 6.10 Å². The van der Waals surface area contributed by atoms with Crippen LogP contribution in [0.25, 0.3) is 0 Å². The van der Waals surface area contributed by atoms with Crippen molar-refractivity contribution in [2.75, 3.05) is 0 Å². The number of aliphatic hydroxyl groups is 2. The monoisotopic (exact) mass is 488 g/mol. The van der Waals surface area contributed by atoms with Gasteiger partial charge in [-0.25, -0.2) is 14.4 Å². The van der Waals surface area contributed by atoms with Gasteiger partial charge in [0.1, 0.15) is 17.3 Å². The van der Waals surface area contributed by atoms with Crippen LogP contribution in [-0.2, 0) is 33.3 Å². The van der Waals surface area contributed by atoms with E-state index in [-0.39, 0.29) is 17.4 Å². The van der Waals surface area contributed by atoms with Crippen LogP contribution in [0, 0.1) is 28.1 Å². The number of allylic oxidation sites excluding steroid dienone is 1. The Morgan fingerprint density at radius 3 is 2.31 bits per heavy atom. The molecule has 4 aliphatic heterocycles. The highest BCUT2D eigenvalue weighted by Crippen LogP contribution is 2.78. The number of ether oxygens (including phenoxy) is 4. The minimum atomic E-state index is -1.50. The Bertz CT molecular complexity index is 1110. The van der Waals surface area contributed by atoms with Crippen LogP contribution in [0.4, 0.5) is 0 Å². The summed E-state index contributed by atoms with van der Waals surface area (Å²) in [5.41, 5.74) is -3.89. The van der Waals surface area contributed by atoms with E-state index >= 15 is 0 Å². The lowest BCUT2D eigenvalue weighted by molar-refractivity contribution is -0.249. The predicted octanol–water partition coefficient (Wildman–Crippen LogP) is 1.55. The molecule has 6 rings (SSSR count). The van der Waals surface area contributed by atoms with Crippen LogP contribution >= 0.6 is 0 Å². The van der Waals surface area contributed by atoms with E-state index in [9.17, 15) is 24.6 Å². The first-order valence-electron chi connectivity index (χ1n) is 12.3. The van der Waals surface area contributed by atoms with Crippen LogP contribution in [0.3, 0.4) is 0 Å². The normalized spacial score (nSPS) is 53.6. The van der Waals surface area contributed by atoms with Gasteiger partial charge in [0.15, 0.2) is 6.10 Å². The molecule has 0 amide bonds. The van der Waals surface area contributed by atoms with E-state index in [1.165, 1.54) is 12.2 Å². The van der Waals surface area contributed by atoms with E-state index < -0.39 is 70.0 Å². The second-order valence-corrected chi connectivity index (χ2v) is 12.3. The van der Waals surface area contributed by atoms with Crippen LogP contribution in [0.15, 0.2) is 23.8 Å². The van der Waals surface area contributed by atoms with Gasteiger partial charge in [-0.3, -0.25) is 0 Å². The number of aliphatic hydroxyl groups excluding tert-OH is 2. The Morgan fingerprint density at radius 2 is 1.66 bits per heavy atom. The van der Waals surface area contributed by atoms with Gasteiger partial charge >= 0.3 is 17.9 Å². The molecule has 10 atom stereocenters. The average molecular weight is 489 g/mol. The number of fused-ring (bicyclic) bond motifs is 3. The molecule has 2 saturated heterocycles. The van der Waals surface area contributed by atoms with Crippen LogP contribution in [0.1, 0.15) is 53.9 Å². The van der Waals surface area contributed by atoms with E-state index in [4.69, 9.17) is 18.9 Å². The van der Waals surface area contributed by atoms with Crippen LogP contribution in [0.2, 0.25) is 0 Å². The van der Waals surface area contributed by atoms with E-state index in [1.807, 2.05) is 33.8 Å². The van der Waals surface area contributed by atoms with Crippen molar-refractivity contribution < 1.29 is 43.5 Å². The van der Waals surface area contributed by atoms with E-state index in [2.05, 4.69) is 6.92 Å². The Hall–Kier alpha value is -2.23. The maximum Gasteiger partial charge on any atom is 0.339 e. The van der Waals surface area contributed by atoms with Crippen molar-refractivity contribution >= 4 is 17.9 Å². The predicted molar refractivity (Wildman–Crippen MR) is 118 cm³/mol. The lowest BCUT2D eigenvalue weighted by atomic mass is 9.37. The molecule has 2 aliphatic carbocycles. The fourth-order valence-corrected chi connectivity index (χ4v) is 8.99. The molecule has 1 spiro atoms. The minimum absolute atomic E-state index is 0.140. The van der Waals surface area contributed by atoms with Crippen molar-refractivity contribution in [2.45, 2.75) is 89.7 Å². The topological polar surface area (TPSA) is 132 Å². The maximum absolute atomic E-state index is 13.1. The number of hydrogen-bond donors (Lipinski definition) is 2. The largest absolute Gasteiger partial charge is 0.456 e. The summed E-state index contributed by atoms with van der Waals surface area (Å²) in [5, 5.41) is 22.3. The molecule has 4 fully saturated rings. The summed E-state index contributed by atoms with van der Waals surface area (Å²) in [6.07, 6.45) is 2.01. The molecule has 0 bridgehead atoms. The summed E-state index contributed by atoms with van der Waals surface area (Å²) in [6, 6.07) is 0. The highest BCUT2D eigenvalue weighted by Gasteiger charge is 2.88. The lowest BCUT2D eigenvalue weighted by Crippen LogP contribution is -2.73. The lowest BCUT2D eigenvalue weighted by Gasteiger charge is -2.67. The van der Waals surface area contributed by atoms with Gasteiger partial charge in [-0.1, -0.05) is 26.8 Å². The van der Waals surface area contributed by atoms with Gasteiger partial charge in [-0.2, -0.15) is 0 Å². The summed E-state index contributed by atoms with van der Waals surface area (Å²) in [6.45, 7) is 9.81. The second kappa shape index (κ2) is 6.55. The first kappa shape index (κ1) is 23.2. The van der Waals surface area contributed by atoms with E-state index in [0.717, 1.165) is 0 Å². The second-order valence-electron chi connectivity index (χ2n) is 12.3. The zero-order chi connectivity index (χ0) is 25.3. The molecule has 35 heavy (non-hydrogen) atoms. The highest BCUT2D eigenvalue weighted by atomic mass is 16.7. The van der Waals surface area contributed by atoms with Gasteiger partial charge < -0.3 is 29.2 Å². The summed E-state index contributed by atoms with van der Waals surface area (Å²) in [5.74, 6) is -1.96.